The summed E-state index contributed by atoms with van der Waals surface area (Å²) in [5.74, 6) is 0.635. The maximum Gasteiger partial charge on any atom is 0.0861 e. The van der Waals surface area contributed by atoms with Crippen molar-refractivity contribution in [3.05, 3.63) is 29.6 Å². The lowest BCUT2D eigenvalue weighted by Gasteiger charge is -2.36. The monoisotopic (exact) mass is 247 g/mol. The molecule has 1 fully saturated rings. The largest absolute Gasteiger partial charge is 0.388 e. The van der Waals surface area contributed by atoms with Crippen molar-refractivity contribution in [3.8, 4) is 0 Å². The van der Waals surface area contributed by atoms with Crippen LogP contribution in [-0.4, -0.2) is 10.1 Å². The molecule has 0 amide bonds. The average Bonchev–Trinajstić information content (AvgIpc) is 2.77. The van der Waals surface area contributed by atoms with Crippen LogP contribution >= 0.6 is 0 Å². The molecular formula is C16H25NO. The van der Waals surface area contributed by atoms with Gasteiger partial charge in [0.2, 0.25) is 0 Å². The van der Waals surface area contributed by atoms with E-state index >= 15 is 0 Å². The molecule has 1 N–H and O–H groups in total. The van der Waals surface area contributed by atoms with E-state index in [1.807, 2.05) is 19.3 Å². The molecule has 0 aliphatic heterocycles. The van der Waals surface area contributed by atoms with Gasteiger partial charge < -0.3 is 5.11 Å². The Morgan fingerprint density at radius 3 is 2.50 bits per heavy atom. The van der Waals surface area contributed by atoms with Crippen molar-refractivity contribution in [3.63, 3.8) is 0 Å². The molecule has 18 heavy (non-hydrogen) atoms. The normalized spacial score (nSPS) is 20.3. The molecule has 1 aliphatic rings. The maximum atomic E-state index is 10.8. The summed E-state index contributed by atoms with van der Waals surface area (Å²) in [5.41, 5.74) is 2.21. The van der Waals surface area contributed by atoms with Crippen LogP contribution < -0.4 is 0 Å². The molecule has 0 spiro atoms. The molecule has 1 atom stereocenters. The van der Waals surface area contributed by atoms with Crippen LogP contribution in [0, 0.1) is 18.3 Å². The van der Waals surface area contributed by atoms with Crippen molar-refractivity contribution in [2.75, 3.05) is 0 Å². The molecule has 2 nitrogen and oxygen atoms in total. The van der Waals surface area contributed by atoms with E-state index in [1.54, 1.807) is 0 Å². The highest BCUT2D eigenvalue weighted by Gasteiger charge is 2.41. The molecular weight excluding hydrogens is 222 g/mol. The SMILES string of the molecule is Cc1cncc(C(O)C2(CC(C)C)CCCC2)c1. The first kappa shape index (κ1) is 13.5. The summed E-state index contributed by atoms with van der Waals surface area (Å²) in [6, 6.07) is 2.08. The summed E-state index contributed by atoms with van der Waals surface area (Å²) in [7, 11) is 0. The minimum Gasteiger partial charge on any atom is -0.388 e. The second-order valence-electron chi connectivity index (χ2n) is 6.37. The Morgan fingerprint density at radius 1 is 1.28 bits per heavy atom. The fourth-order valence-corrected chi connectivity index (χ4v) is 3.56. The fourth-order valence-electron chi connectivity index (χ4n) is 3.56. The van der Waals surface area contributed by atoms with Crippen LogP contribution in [-0.2, 0) is 0 Å². The van der Waals surface area contributed by atoms with E-state index < -0.39 is 0 Å². The Balaban J connectivity index is 2.25. The van der Waals surface area contributed by atoms with Gasteiger partial charge in [-0.25, -0.2) is 0 Å². The molecule has 0 radical (unpaired) electrons. The number of pyridine rings is 1. The van der Waals surface area contributed by atoms with E-state index in [1.165, 1.54) is 12.8 Å². The van der Waals surface area contributed by atoms with Crippen molar-refractivity contribution >= 4 is 0 Å². The van der Waals surface area contributed by atoms with E-state index in [-0.39, 0.29) is 11.5 Å². The lowest BCUT2D eigenvalue weighted by Crippen LogP contribution is -2.28. The van der Waals surface area contributed by atoms with Crippen LogP contribution in [0.25, 0.3) is 0 Å². The van der Waals surface area contributed by atoms with Crippen molar-refractivity contribution in [1.29, 1.82) is 0 Å². The maximum absolute atomic E-state index is 10.8. The molecule has 0 aromatic carbocycles. The molecule has 1 unspecified atom stereocenters. The smallest absolute Gasteiger partial charge is 0.0861 e. The van der Waals surface area contributed by atoms with Gasteiger partial charge in [-0.05, 0) is 43.2 Å². The Bertz CT molecular complexity index is 394. The molecule has 1 aromatic rings. The van der Waals surface area contributed by atoms with Crippen molar-refractivity contribution in [2.45, 2.75) is 59.0 Å². The van der Waals surface area contributed by atoms with Crippen molar-refractivity contribution < 1.29 is 5.11 Å². The highest BCUT2D eigenvalue weighted by molar-refractivity contribution is 5.21. The third kappa shape index (κ3) is 2.74. The van der Waals surface area contributed by atoms with E-state index in [4.69, 9.17) is 0 Å². The number of aliphatic hydroxyl groups is 1. The summed E-state index contributed by atoms with van der Waals surface area (Å²) in [5, 5.41) is 10.8. The van der Waals surface area contributed by atoms with Crippen LogP contribution in [0.4, 0.5) is 0 Å². The minimum atomic E-state index is -0.352. The van der Waals surface area contributed by atoms with Gasteiger partial charge in [0.05, 0.1) is 6.10 Å². The molecule has 1 aliphatic carbocycles. The zero-order valence-electron chi connectivity index (χ0n) is 11.8. The first-order valence-electron chi connectivity index (χ1n) is 7.13. The van der Waals surface area contributed by atoms with E-state index in [2.05, 4.69) is 24.9 Å². The number of hydrogen-bond donors (Lipinski definition) is 1. The van der Waals surface area contributed by atoms with Crippen LogP contribution in [0.1, 0.15) is 63.2 Å². The Labute approximate surface area is 110 Å². The molecule has 1 heterocycles. The number of rotatable bonds is 4. The predicted octanol–water partition coefficient (Wildman–Crippen LogP) is 4.03. The van der Waals surface area contributed by atoms with Gasteiger partial charge in [0.25, 0.3) is 0 Å². The number of aromatic nitrogens is 1. The van der Waals surface area contributed by atoms with E-state index in [0.717, 1.165) is 30.4 Å². The Morgan fingerprint density at radius 2 is 1.94 bits per heavy atom. The van der Waals surface area contributed by atoms with Gasteiger partial charge in [-0.3, -0.25) is 4.98 Å². The molecule has 2 heteroatoms. The van der Waals surface area contributed by atoms with Crippen LogP contribution in [0.5, 0.6) is 0 Å². The van der Waals surface area contributed by atoms with Crippen LogP contribution in [0.3, 0.4) is 0 Å². The van der Waals surface area contributed by atoms with Gasteiger partial charge in [-0.15, -0.1) is 0 Å². The highest BCUT2D eigenvalue weighted by atomic mass is 16.3. The molecule has 0 bridgehead atoms. The molecule has 1 aromatic heterocycles. The lowest BCUT2D eigenvalue weighted by atomic mass is 9.72. The van der Waals surface area contributed by atoms with Gasteiger partial charge in [0.15, 0.2) is 0 Å². The number of nitrogens with zero attached hydrogens (tertiary/aromatic N) is 1. The highest BCUT2D eigenvalue weighted by Crippen LogP contribution is 2.51. The topological polar surface area (TPSA) is 33.1 Å². The summed E-state index contributed by atoms with van der Waals surface area (Å²) in [4.78, 5) is 4.23. The van der Waals surface area contributed by atoms with Gasteiger partial charge in [0, 0.05) is 17.8 Å². The average molecular weight is 247 g/mol. The quantitative estimate of drug-likeness (QED) is 0.871. The third-order valence-corrected chi connectivity index (χ3v) is 4.21. The second-order valence-corrected chi connectivity index (χ2v) is 6.37. The molecule has 100 valence electrons. The van der Waals surface area contributed by atoms with Gasteiger partial charge in [-0.2, -0.15) is 0 Å². The Hall–Kier alpha value is -0.890. The Kier molecular flexibility index (Phi) is 4.06. The summed E-state index contributed by atoms with van der Waals surface area (Å²) < 4.78 is 0. The first-order chi connectivity index (χ1) is 8.53. The number of aryl methyl sites for hydroxylation is 1. The van der Waals surface area contributed by atoms with Gasteiger partial charge in [-0.1, -0.05) is 32.8 Å². The van der Waals surface area contributed by atoms with Gasteiger partial charge >= 0.3 is 0 Å². The minimum absolute atomic E-state index is 0.0869. The molecule has 0 saturated heterocycles. The fraction of sp³-hybridized carbons (Fsp3) is 0.688. The van der Waals surface area contributed by atoms with Gasteiger partial charge in [0.1, 0.15) is 0 Å². The van der Waals surface area contributed by atoms with Crippen LogP contribution in [0.15, 0.2) is 18.5 Å². The van der Waals surface area contributed by atoms with E-state index in [9.17, 15) is 5.11 Å². The summed E-state index contributed by atoms with van der Waals surface area (Å²) in [6.45, 7) is 6.54. The second kappa shape index (κ2) is 5.40. The zero-order valence-corrected chi connectivity index (χ0v) is 11.8. The summed E-state index contributed by atoms with van der Waals surface area (Å²) in [6.07, 6.45) is 9.25. The van der Waals surface area contributed by atoms with E-state index in [0.29, 0.717) is 5.92 Å². The van der Waals surface area contributed by atoms with Crippen molar-refractivity contribution in [2.24, 2.45) is 11.3 Å². The number of hydrogen-bond acceptors (Lipinski definition) is 2. The number of aliphatic hydroxyl groups excluding tert-OH is 1. The summed E-state index contributed by atoms with van der Waals surface area (Å²) >= 11 is 0. The predicted molar refractivity (Wildman–Crippen MR) is 74.3 cm³/mol. The third-order valence-electron chi connectivity index (χ3n) is 4.21. The molecule has 1 saturated carbocycles. The standard InChI is InChI=1S/C16H25NO/c1-12(2)9-16(6-4-5-7-16)15(18)14-8-13(3)10-17-11-14/h8,10-12,15,18H,4-7,9H2,1-3H3. The first-order valence-corrected chi connectivity index (χ1v) is 7.13. The zero-order chi connectivity index (χ0) is 13.2. The van der Waals surface area contributed by atoms with Crippen molar-refractivity contribution in [1.82, 2.24) is 4.98 Å². The lowest BCUT2D eigenvalue weighted by molar-refractivity contribution is 0.0109. The van der Waals surface area contributed by atoms with Crippen LogP contribution in [0.2, 0.25) is 0 Å². The molecule has 2 rings (SSSR count).